The second-order valence-corrected chi connectivity index (χ2v) is 6.41. The minimum Gasteiger partial charge on any atom is -0.490 e. The highest BCUT2D eigenvalue weighted by atomic mass is 35.5. The van der Waals surface area contributed by atoms with Crippen molar-refractivity contribution in [3.8, 4) is 11.5 Å². The van der Waals surface area contributed by atoms with Crippen LogP contribution in [0.4, 0.5) is 5.69 Å². The third-order valence-electron chi connectivity index (χ3n) is 3.96. The molecule has 0 bridgehead atoms. The van der Waals surface area contributed by atoms with Crippen LogP contribution < -0.4 is 14.8 Å². The van der Waals surface area contributed by atoms with E-state index < -0.39 is 0 Å². The van der Waals surface area contributed by atoms with Crippen molar-refractivity contribution >= 4 is 23.2 Å². The Hall–Kier alpha value is -2.99. The number of carbonyl (C=O) groups excluding carboxylic acids is 1. The Balaban J connectivity index is 1.70. The van der Waals surface area contributed by atoms with Gasteiger partial charge in [-0.25, -0.2) is 0 Å². The molecule has 1 amide bonds. The Morgan fingerprint density at radius 2 is 1.86 bits per heavy atom. The molecule has 0 aliphatic rings. The quantitative estimate of drug-likeness (QED) is 0.599. The third kappa shape index (κ3) is 4.84. The van der Waals surface area contributed by atoms with Crippen LogP contribution in [-0.2, 0) is 6.54 Å². The van der Waals surface area contributed by atoms with Crippen LogP contribution in [-0.4, -0.2) is 28.9 Å². The Kier molecular flexibility index (Phi) is 6.55. The van der Waals surface area contributed by atoms with Gasteiger partial charge in [-0.1, -0.05) is 29.8 Å². The molecule has 0 aliphatic heterocycles. The number of hydrogen-bond acceptors (Lipinski definition) is 4. The molecule has 0 saturated carbocycles. The van der Waals surface area contributed by atoms with E-state index >= 15 is 0 Å². The molecule has 1 N–H and O–H groups in total. The highest BCUT2D eigenvalue weighted by molar-refractivity contribution is 6.34. The van der Waals surface area contributed by atoms with Crippen molar-refractivity contribution in [2.45, 2.75) is 20.4 Å². The molecule has 0 aliphatic carbocycles. The van der Waals surface area contributed by atoms with Gasteiger partial charge in [0.2, 0.25) is 0 Å². The van der Waals surface area contributed by atoms with Crippen LogP contribution in [0.3, 0.4) is 0 Å². The molecule has 2 aromatic carbocycles. The van der Waals surface area contributed by atoms with Crippen molar-refractivity contribution in [3.63, 3.8) is 0 Å². The number of nitrogens with one attached hydrogen (secondary N) is 1. The Morgan fingerprint density at radius 3 is 2.61 bits per heavy atom. The van der Waals surface area contributed by atoms with Gasteiger partial charge in [-0.3, -0.25) is 9.48 Å². The summed E-state index contributed by atoms with van der Waals surface area (Å²) in [6.07, 6.45) is 3.37. The second kappa shape index (κ2) is 9.28. The number of hydrogen-bond donors (Lipinski definition) is 1. The first kappa shape index (κ1) is 19.8. The van der Waals surface area contributed by atoms with Gasteiger partial charge >= 0.3 is 0 Å². The predicted octanol–water partition coefficient (Wildman–Crippen LogP) is 4.63. The van der Waals surface area contributed by atoms with Gasteiger partial charge in [-0.05, 0) is 43.7 Å². The monoisotopic (exact) mass is 399 g/mol. The number of nitrogens with zero attached hydrogens (tertiary/aromatic N) is 2. The molecule has 0 fully saturated rings. The van der Waals surface area contributed by atoms with Crippen molar-refractivity contribution in [2.24, 2.45) is 0 Å². The van der Waals surface area contributed by atoms with E-state index in [-0.39, 0.29) is 5.91 Å². The van der Waals surface area contributed by atoms with Gasteiger partial charge in [-0.2, -0.15) is 5.10 Å². The van der Waals surface area contributed by atoms with E-state index in [9.17, 15) is 4.79 Å². The molecule has 3 rings (SSSR count). The third-order valence-corrected chi connectivity index (χ3v) is 4.29. The summed E-state index contributed by atoms with van der Waals surface area (Å²) in [6, 6.07) is 12.7. The van der Waals surface area contributed by atoms with Crippen LogP contribution in [0.15, 0.2) is 54.9 Å². The number of amides is 1. The molecule has 0 saturated heterocycles. The Morgan fingerprint density at radius 1 is 1.11 bits per heavy atom. The molecule has 146 valence electrons. The smallest absolute Gasteiger partial charge is 0.257 e. The number of rotatable bonds is 8. The van der Waals surface area contributed by atoms with E-state index in [1.165, 1.54) is 0 Å². The lowest BCUT2D eigenvalue weighted by Gasteiger charge is -2.12. The van der Waals surface area contributed by atoms with Gasteiger partial charge in [0.1, 0.15) is 0 Å². The van der Waals surface area contributed by atoms with E-state index in [1.807, 2.05) is 32.0 Å². The molecular weight excluding hydrogens is 378 g/mol. The Labute approximate surface area is 169 Å². The summed E-state index contributed by atoms with van der Waals surface area (Å²) in [4.78, 5) is 12.4. The van der Waals surface area contributed by atoms with Crippen LogP contribution >= 0.6 is 11.6 Å². The summed E-state index contributed by atoms with van der Waals surface area (Å²) in [6.45, 7) is 5.54. The average molecular weight is 400 g/mol. The van der Waals surface area contributed by atoms with E-state index in [0.29, 0.717) is 41.8 Å². The molecule has 6 nitrogen and oxygen atoms in total. The highest BCUT2D eigenvalue weighted by Crippen LogP contribution is 2.29. The minimum absolute atomic E-state index is 0.273. The first-order valence-corrected chi connectivity index (χ1v) is 9.45. The molecule has 0 radical (unpaired) electrons. The summed E-state index contributed by atoms with van der Waals surface area (Å²) in [5.74, 6) is 1.16. The van der Waals surface area contributed by atoms with E-state index in [2.05, 4.69) is 10.4 Å². The van der Waals surface area contributed by atoms with Crippen molar-refractivity contribution in [3.05, 3.63) is 71.0 Å². The largest absolute Gasteiger partial charge is 0.490 e. The van der Waals surface area contributed by atoms with Crippen molar-refractivity contribution in [1.82, 2.24) is 9.78 Å². The van der Waals surface area contributed by atoms with Crippen molar-refractivity contribution in [2.75, 3.05) is 18.5 Å². The molecule has 7 heteroatoms. The summed E-state index contributed by atoms with van der Waals surface area (Å²) in [5.41, 5.74) is 2.03. The molecular formula is C21H22ClN3O3. The van der Waals surface area contributed by atoms with Gasteiger partial charge < -0.3 is 14.8 Å². The van der Waals surface area contributed by atoms with Crippen LogP contribution in [0, 0.1) is 0 Å². The normalized spacial score (nSPS) is 10.5. The highest BCUT2D eigenvalue weighted by Gasteiger charge is 2.11. The maximum atomic E-state index is 12.4. The van der Waals surface area contributed by atoms with Gasteiger partial charge in [-0.15, -0.1) is 0 Å². The zero-order valence-electron chi connectivity index (χ0n) is 15.8. The molecule has 28 heavy (non-hydrogen) atoms. The molecule has 0 spiro atoms. The summed E-state index contributed by atoms with van der Waals surface area (Å²) >= 11 is 6.07. The summed E-state index contributed by atoms with van der Waals surface area (Å²) in [5, 5.41) is 7.53. The van der Waals surface area contributed by atoms with Crippen LogP contribution in [0.25, 0.3) is 0 Å². The molecule has 0 atom stereocenters. The molecule has 1 heterocycles. The zero-order valence-corrected chi connectivity index (χ0v) is 16.6. The lowest BCUT2D eigenvalue weighted by molar-refractivity contribution is 0.102. The summed E-state index contributed by atoms with van der Waals surface area (Å²) < 4.78 is 13.0. The second-order valence-electron chi connectivity index (χ2n) is 6.01. The number of aromatic nitrogens is 2. The first-order chi connectivity index (χ1) is 13.6. The van der Waals surface area contributed by atoms with Gasteiger partial charge in [0.05, 0.1) is 42.2 Å². The van der Waals surface area contributed by atoms with Crippen LogP contribution in [0.1, 0.15) is 29.8 Å². The van der Waals surface area contributed by atoms with Crippen molar-refractivity contribution < 1.29 is 14.3 Å². The lowest BCUT2D eigenvalue weighted by atomic mass is 10.2. The zero-order chi connectivity index (χ0) is 19.9. The van der Waals surface area contributed by atoms with Crippen LogP contribution in [0.2, 0.25) is 5.02 Å². The SMILES string of the molecule is CCOc1ccc(Cn2cc(NC(=O)c3ccccc3Cl)cn2)cc1OCC. The van der Waals surface area contributed by atoms with Gasteiger partial charge in [0.25, 0.3) is 5.91 Å². The van der Waals surface area contributed by atoms with Gasteiger partial charge in [0.15, 0.2) is 11.5 Å². The number of anilines is 1. The molecule has 0 unspecified atom stereocenters. The van der Waals surface area contributed by atoms with Crippen LogP contribution in [0.5, 0.6) is 11.5 Å². The van der Waals surface area contributed by atoms with E-state index in [1.54, 1.807) is 41.3 Å². The average Bonchev–Trinajstić information content (AvgIpc) is 3.11. The predicted molar refractivity (Wildman–Crippen MR) is 110 cm³/mol. The topological polar surface area (TPSA) is 65.4 Å². The fraction of sp³-hybridized carbons (Fsp3) is 0.238. The molecule has 3 aromatic rings. The number of ether oxygens (including phenoxy) is 2. The number of carbonyl (C=O) groups is 1. The fourth-order valence-electron chi connectivity index (χ4n) is 2.74. The summed E-state index contributed by atoms with van der Waals surface area (Å²) in [7, 11) is 0. The first-order valence-electron chi connectivity index (χ1n) is 9.07. The minimum atomic E-state index is -0.273. The lowest BCUT2D eigenvalue weighted by Crippen LogP contribution is -2.11. The standard InChI is InChI=1S/C21H22ClN3O3/c1-3-27-19-10-9-15(11-20(19)28-4-2)13-25-14-16(12-23-25)24-21(26)17-7-5-6-8-18(17)22/h5-12,14H,3-4,13H2,1-2H3,(H,24,26). The Bertz CT molecular complexity index is 956. The number of benzene rings is 2. The van der Waals surface area contributed by atoms with Gasteiger partial charge in [0, 0.05) is 6.20 Å². The molecule has 1 aromatic heterocycles. The maximum absolute atomic E-state index is 12.4. The van der Waals surface area contributed by atoms with E-state index in [0.717, 1.165) is 11.3 Å². The fourth-order valence-corrected chi connectivity index (χ4v) is 2.96. The number of halogens is 1. The van der Waals surface area contributed by atoms with E-state index in [4.69, 9.17) is 21.1 Å². The maximum Gasteiger partial charge on any atom is 0.257 e. The van der Waals surface area contributed by atoms with Crippen molar-refractivity contribution in [1.29, 1.82) is 0 Å².